The standard InChI is InChI=1S/C16H22FNO3/c1-11(21-9-12-3-4-12)15(19)18-10-16(2,20)13-5-7-14(17)8-6-13/h5-8,11-12,20H,3-4,9-10H2,1-2H3,(H,18,19). The molecule has 1 amide bonds. The zero-order chi connectivity index (χ0) is 15.5. The van der Waals surface area contributed by atoms with Crippen LogP contribution in [0, 0.1) is 11.7 Å². The van der Waals surface area contributed by atoms with E-state index in [4.69, 9.17) is 4.74 Å². The highest BCUT2D eigenvalue weighted by molar-refractivity contribution is 5.80. The van der Waals surface area contributed by atoms with Crippen LogP contribution in [0.3, 0.4) is 0 Å². The zero-order valence-electron chi connectivity index (χ0n) is 12.4. The molecule has 0 bridgehead atoms. The first-order valence-corrected chi connectivity index (χ1v) is 7.26. The summed E-state index contributed by atoms with van der Waals surface area (Å²) in [6.07, 6.45) is 1.82. The summed E-state index contributed by atoms with van der Waals surface area (Å²) in [4.78, 5) is 11.9. The number of hydrogen-bond acceptors (Lipinski definition) is 3. The van der Waals surface area contributed by atoms with Crippen LogP contribution in [0.2, 0.25) is 0 Å². The lowest BCUT2D eigenvalue weighted by Crippen LogP contribution is -2.43. The Labute approximate surface area is 124 Å². The molecule has 1 aromatic rings. The van der Waals surface area contributed by atoms with E-state index in [1.165, 1.54) is 37.1 Å². The van der Waals surface area contributed by atoms with Crippen LogP contribution in [0.1, 0.15) is 32.3 Å². The van der Waals surface area contributed by atoms with Crippen LogP contribution in [0.15, 0.2) is 24.3 Å². The molecule has 2 rings (SSSR count). The maximum Gasteiger partial charge on any atom is 0.248 e. The van der Waals surface area contributed by atoms with Gasteiger partial charge in [0.25, 0.3) is 0 Å². The molecule has 1 saturated carbocycles. The Morgan fingerprint density at radius 1 is 1.48 bits per heavy atom. The molecule has 5 heteroatoms. The maximum absolute atomic E-state index is 12.9. The molecule has 1 aliphatic carbocycles. The molecule has 2 atom stereocenters. The molecule has 0 aliphatic heterocycles. The molecule has 0 aromatic heterocycles. The average molecular weight is 295 g/mol. The number of ether oxygens (including phenoxy) is 1. The van der Waals surface area contributed by atoms with Crippen molar-refractivity contribution in [3.8, 4) is 0 Å². The Morgan fingerprint density at radius 3 is 2.67 bits per heavy atom. The third-order valence-electron chi connectivity index (χ3n) is 3.72. The first-order chi connectivity index (χ1) is 9.88. The van der Waals surface area contributed by atoms with Gasteiger partial charge in [0.05, 0.1) is 13.2 Å². The topological polar surface area (TPSA) is 58.6 Å². The van der Waals surface area contributed by atoms with Gasteiger partial charge >= 0.3 is 0 Å². The molecule has 1 fully saturated rings. The SMILES string of the molecule is CC(OCC1CC1)C(=O)NCC(C)(O)c1ccc(F)cc1. The molecular weight excluding hydrogens is 273 g/mol. The van der Waals surface area contributed by atoms with E-state index in [1.807, 2.05) is 0 Å². The molecule has 0 saturated heterocycles. The van der Waals surface area contributed by atoms with Gasteiger partial charge in [-0.1, -0.05) is 12.1 Å². The van der Waals surface area contributed by atoms with Crippen molar-refractivity contribution >= 4 is 5.91 Å². The first kappa shape index (κ1) is 15.9. The predicted molar refractivity (Wildman–Crippen MR) is 77.1 cm³/mol. The monoisotopic (exact) mass is 295 g/mol. The molecule has 1 aliphatic rings. The number of amides is 1. The van der Waals surface area contributed by atoms with Crippen molar-refractivity contribution in [1.29, 1.82) is 0 Å². The van der Waals surface area contributed by atoms with Gasteiger partial charge in [0, 0.05) is 0 Å². The Bertz CT molecular complexity index is 483. The number of benzene rings is 1. The van der Waals surface area contributed by atoms with Crippen molar-refractivity contribution < 1.29 is 19.0 Å². The Hall–Kier alpha value is -1.46. The number of aliphatic hydroxyl groups is 1. The summed E-state index contributed by atoms with van der Waals surface area (Å²) in [5.41, 5.74) is -0.699. The van der Waals surface area contributed by atoms with Gasteiger partial charge in [-0.15, -0.1) is 0 Å². The quantitative estimate of drug-likeness (QED) is 0.808. The van der Waals surface area contributed by atoms with E-state index in [1.54, 1.807) is 13.8 Å². The van der Waals surface area contributed by atoms with E-state index in [-0.39, 0.29) is 18.3 Å². The molecular formula is C16H22FNO3. The Morgan fingerprint density at radius 2 is 2.10 bits per heavy atom. The molecule has 2 N–H and O–H groups in total. The minimum Gasteiger partial charge on any atom is -0.384 e. The van der Waals surface area contributed by atoms with Crippen molar-refractivity contribution in [2.24, 2.45) is 5.92 Å². The second-order valence-corrected chi connectivity index (χ2v) is 5.92. The molecule has 0 heterocycles. The fourth-order valence-corrected chi connectivity index (χ4v) is 1.95. The van der Waals surface area contributed by atoms with Crippen molar-refractivity contribution in [3.63, 3.8) is 0 Å². The fourth-order valence-electron chi connectivity index (χ4n) is 1.95. The van der Waals surface area contributed by atoms with Crippen LogP contribution < -0.4 is 5.32 Å². The highest BCUT2D eigenvalue weighted by Gasteiger charge is 2.27. The summed E-state index contributed by atoms with van der Waals surface area (Å²) >= 11 is 0. The second kappa shape index (κ2) is 6.54. The van der Waals surface area contributed by atoms with Crippen molar-refractivity contribution in [3.05, 3.63) is 35.6 Å². The highest BCUT2D eigenvalue weighted by atomic mass is 19.1. The predicted octanol–water partition coefficient (Wildman–Crippen LogP) is 1.96. The molecule has 116 valence electrons. The van der Waals surface area contributed by atoms with E-state index in [2.05, 4.69) is 5.32 Å². The summed E-state index contributed by atoms with van der Waals surface area (Å²) in [6, 6.07) is 5.59. The molecule has 4 nitrogen and oxygen atoms in total. The summed E-state index contributed by atoms with van der Waals surface area (Å²) in [5.74, 6) is -0.0127. The van der Waals surface area contributed by atoms with Crippen molar-refractivity contribution in [2.45, 2.75) is 38.4 Å². The molecule has 2 unspecified atom stereocenters. The average Bonchev–Trinajstić information content (AvgIpc) is 3.27. The maximum atomic E-state index is 12.9. The highest BCUT2D eigenvalue weighted by Crippen LogP contribution is 2.29. The molecule has 1 aromatic carbocycles. The van der Waals surface area contributed by atoms with E-state index < -0.39 is 11.7 Å². The van der Waals surface area contributed by atoms with Crippen LogP contribution in [-0.2, 0) is 15.1 Å². The van der Waals surface area contributed by atoms with E-state index in [9.17, 15) is 14.3 Å². The third-order valence-corrected chi connectivity index (χ3v) is 3.72. The lowest BCUT2D eigenvalue weighted by Gasteiger charge is -2.25. The number of rotatable bonds is 7. The van der Waals surface area contributed by atoms with E-state index in [0.717, 1.165) is 0 Å². The number of nitrogens with one attached hydrogen (secondary N) is 1. The van der Waals surface area contributed by atoms with Crippen LogP contribution in [0.5, 0.6) is 0 Å². The molecule has 0 radical (unpaired) electrons. The van der Waals surface area contributed by atoms with Crippen LogP contribution in [0.25, 0.3) is 0 Å². The number of carbonyl (C=O) groups is 1. The number of halogens is 1. The van der Waals surface area contributed by atoms with Gasteiger partial charge in [-0.2, -0.15) is 0 Å². The smallest absolute Gasteiger partial charge is 0.248 e. The first-order valence-electron chi connectivity index (χ1n) is 7.26. The second-order valence-electron chi connectivity index (χ2n) is 5.92. The van der Waals surface area contributed by atoms with Gasteiger partial charge in [-0.3, -0.25) is 4.79 Å². The third kappa shape index (κ3) is 4.79. The van der Waals surface area contributed by atoms with Crippen molar-refractivity contribution in [2.75, 3.05) is 13.2 Å². The minimum absolute atomic E-state index is 0.0502. The summed E-state index contributed by atoms with van der Waals surface area (Å²) in [6.45, 7) is 3.94. The Kier molecular flexibility index (Phi) is 4.96. The van der Waals surface area contributed by atoms with Gasteiger partial charge in [0.2, 0.25) is 5.91 Å². The van der Waals surface area contributed by atoms with Gasteiger partial charge in [-0.25, -0.2) is 4.39 Å². The summed E-state index contributed by atoms with van der Waals surface area (Å²) in [5, 5.41) is 13.0. The number of hydrogen-bond donors (Lipinski definition) is 2. The fraction of sp³-hybridized carbons (Fsp3) is 0.562. The van der Waals surface area contributed by atoms with Gasteiger partial charge < -0.3 is 15.2 Å². The van der Waals surface area contributed by atoms with Gasteiger partial charge in [0.1, 0.15) is 17.5 Å². The molecule has 0 spiro atoms. The lowest BCUT2D eigenvalue weighted by molar-refractivity contribution is -0.133. The largest absolute Gasteiger partial charge is 0.384 e. The summed E-state index contributed by atoms with van der Waals surface area (Å²) in [7, 11) is 0. The lowest BCUT2D eigenvalue weighted by atomic mass is 9.96. The van der Waals surface area contributed by atoms with Crippen LogP contribution in [-0.4, -0.2) is 30.3 Å². The van der Waals surface area contributed by atoms with E-state index in [0.29, 0.717) is 18.1 Å². The van der Waals surface area contributed by atoms with Crippen LogP contribution in [0.4, 0.5) is 4.39 Å². The zero-order valence-corrected chi connectivity index (χ0v) is 12.4. The van der Waals surface area contributed by atoms with Crippen LogP contribution >= 0.6 is 0 Å². The van der Waals surface area contributed by atoms with E-state index >= 15 is 0 Å². The Balaban J connectivity index is 1.82. The summed E-state index contributed by atoms with van der Waals surface area (Å²) < 4.78 is 18.4. The normalized spacial score (nSPS) is 18.9. The number of carbonyl (C=O) groups excluding carboxylic acids is 1. The minimum atomic E-state index is -1.25. The molecule has 21 heavy (non-hydrogen) atoms. The van der Waals surface area contributed by atoms with Gasteiger partial charge in [-0.05, 0) is 50.3 Å². The van der Waals surface area contributed by atoms with Gasteiger partial charge in [0.15, 0.2) is 0 Å². The van der Waals surface area contributed by atoms with Crippen molar-refractivity contribution in [1.82, 2.24) is 5.32 Å².